The van der Waals surface area contributed by atoms with Crippen molar-refractivity contribution < 1.29 is 4.79 Å². The van der Waals surface area contributed by atoms with Gasteiger partial charge >= 0.3 is 0 Å². The monoisotopic (exact) mass is 239 g/mol. The molecule has 0 unspecified atom stereocenters. The Bertz CT molecular complexity index is 550. The first-order valence-electron chi connectivity index (χ1n) is 6.07. The van der Waals surface area contributed by atoms with Crippen LogP contribution in [0.2, 0.25) is 0 Å². The van der Waals surface area contributed by atoms with Crippen molar-refractivity contribution in [3.05, 3.63) is 64.5 Å². The molecule has 2 aromatic rings. The molecule has 18 heavy (non-hydrogen) atoms. The Hall–Kier alpha value is -1.96. The second-order valence-corrected chi connectivity index (χ2v) is 4.80. The lowest BCUT2D eigenvalue weighted by Gasteiger charge is -2.04. The summed E-state index contributed by atoms with van der Waals surface area (Å²) in [5.74, 6) is 0.123. The molecule has 0 bridgehead atoms. The number of aromatic nitrogens is 1. The molecule has 2 rings (SSSR count). The highest BCUT2D eigenvalue weighted by atomic mass is 16.1. The minimum atomic E-state index is 0.123. The number of ketones is 1. The molecule has 0 aliphatic heterocycles. The van der Waals surface area contributed by atoms with Gasteiger partial charge in [-0.15, -0.1) is 0 Å². The van der Waals surface area contributed by atoms with Gasteiger partial charge in [0.1, 0.15) is 0 Å². The molecule has 92 valence electrons. The number of hydrogen-bond acceptors (Lipinski definition) is 2. The maximum atomic E-state index is 12.2. The van der Waals surface area contributed by atoms with Crippen LogP contribution in [0.15, 0.2) is 36.5 Å². The molecule has 2 nitrogen and oxygen atoms in total. The van der Waals surface area contributed by atoms with Crippen molar-refractivity contribution in [3.8, 4) is 0 Å². The third-order valence-corrected chi connectivity index (χ3v) is 2.86. The summed E-state index contributed by atoms with van der Waals surface area (Å²) in [7, 11) is 0. The summed E-state index contributed by atoms with van der Waals surface area (Å²) in [5, 5.41) is 0. The molecule has 0 atom stereocenters. The highest BCUT2D eigenvalue weighted by Gasteiger charge is 2.08. The minimum absolute atomic E-state index is 0.123. The number of nitrogens with zero attached hydrogens (tertiary/aromatic N) is 1. The van der Waals surface area contributed by atoms with Crippen molar-refractivity contribution in [3.63, 3.8) is 0 Å². The zero-order valence-electron chi connectivity index (χ0n) is 11.0. The first-order chi connectivity index (χ1) is 8.54. The lowest BCUT2D eigenvalue weighted by atomic mass is 10.0. The van der Waals surface area contributed by atoms with Gasteiger partial charge in [0.05, 0.1) is 6.42 Å². The predicted molar refractivity (Wildman–Crippen MR) is 72.9 cm³/mol. The average Bonchev–Trinajstić information content (AvgIpc) is 2.31. The first-order valence-corrected chi connectivity index (χ1v) is 6.07. The summed E-state index contributed by atoms with van der Waals surface area (Å²) < 4.78 is 0. The molecule has 1 aromatic carbocycles. The van der Waals surface area contributed by atoms with E-state index >= 15 is 0 Å². The smallest absolute Gasteiger partial charge is 0.168 e. The summed E-state index contributed by atoms with van der Waals surface area (Å²) in [6, 6.07) is 9.83. The molecular formula is C16H17NO. The number of Topliss-reactive ketones (excluding diaryl/α,β-unsaturated/α-hetero) is 1. The van der Waals surface area contributed by atoms with E-state index in [1.807, 2.05) is 45.0 Å². The van der Waals surface area contributed by atoms with Crippen LogP contribution in [0.4, 0.5) is 0 Å². The molecule has 2 heteroatoms. The van der Waals surface area contributed by atoms with Crippen molar-refractivity contribution in [1.29, 1.82) is 0 Å². The lowest BCUT2D eigenvalue weighted by Crippen LogP contribution is -2.05. The Balaban J connectivity index is 2.19. The Kier molecular flexibility index (Phi) is 3.56. The van der Waals surface area contributed by atoms with Gasteiger partial charge in [0.2, 0.25) is 0 Å². The number of aryl methyl sites for hydroxylation is 3. The number of carbonyl (C=O) groups excluding carboxylic acids is 1. The SMILES string of the molecule is Cc1ccc(CC(=O)c2cc(C)cc(C)c2)nc1. The molecule has 0 spiro atoms. The molecule has 0 aliphatic rings. The zero-order valence-corrected chi connectivity index (χ0v) is 11.0. The average molecular weight is 239 g/mol. The van der Waals surface area contributed by atoms with Gasteiger partial charge in [-0.05, 0) is 44.5 Å². The summed E-state index contributed by atoms with van der Waals surface area (Å²) in [6.45, 7) is 6.00. The van der Waals surface area contributed by atoms with Gasteiger partial charge in [0, 0.05) is 17.5 Å². The molecule has 0 N–H and O–H groups in total. The van der Waals surface area contributed by atoms with Crippen LogP contribution in [-0.2, 0) is 6.42 Å². The third kappa shape index (κ3) is 3.04. The van der Waals surface area contributed by atoms with E-state index in [4.69, 9.17) is 0 Å². The fourth-order valence-electron chi connectivity index (χ4n) is 2.01. The molecular weight excluding hydrogens is 222 g/mol. The number of rotatable bonds is 3. The van der Waals surface area contributed by atoms with Crippen LogP contribution in [0.5, 0.6) is 0 Å². The van der Waals surface area contributed by atoms with Crippen molar-refractivity contribution >= 4 is 5.78 Å². The van der Waals surface area contributed by atoms with Crippen LogP contribution in [0.3, 0.4) is 0 Å². The van der Waals surface area contributed by atoms with E-state index in [0.29, 0.717) is 6.42 Å². The second kappa shape index (κ2) is 5.13. The molecule has 0 radical (unpaired) electrons. The van der Waals surface area contributed by atoms with Gasteiger partial charge in [-0.2, -0.15) is 0 Å². The third-order valence-electron chi connectivity index (χ3n) is 2.86. The van der Waals surface area contributed by atoms with Gasteiger partial charge in [-0.1, -0.05) is 23.3 Å². The van der Waals surface area contributed by atoms with Crippen LogP contribution in [0.1, 0.15) is 32.7 Å². The normalized spacial score (nSPS) is 10.4. The molecule has 1 heterocycles. The second-order valence-electron chi connectivity index (χ2n) is 4.80. The largest absolute Gasteiger partial charge is 0.294 e. The Labute approximate surface area is 108 Å². The van der Waals surface area contributed by atoms with Crippen LogP contribution in [0.25, 0.3) is 0 Å². The number of pyridine rings is 1. The quantitative estimate of drug-likeness (QED) is 0.768. The van der Waals surface area contributed by atoms with E-state index in [0.717, 1.165) is 27.9 Å². The Morgan fingerprint density at radius 3 is 2.22 bits per heavy atom. The van der Waals surface area contributed by atoms with Crippen molar-refractivity contribution in [2.75, 3.05) is 0 Å². The van der Waals surface area contributed by atoms with Crippen molar-refractivity contribution in [1.82, 2.24) is 4.98 Å². The fourth-order valence-corrected chi connectivity index (χ4v) is 2.01. The number of benzene rings is 1. The van der Waals surface area contributed by atoms with Crippen LogP contribution < -0.4 is 0 Å². The Morgan fingerprint density at radius 2 is 1.67 bits per heavy atom. The van der Waals surface area contributed by atoms with Gasteiger partial charge in [-0.3, -0.25) is 9.78 Å². The molecule has 0 amide bonds. The lowest BCUT2D eigenvalue weighted by molar-refractivity contribution is 0.0992. The summed E-state index contributed by atoms with van der Waals surface area (Å²) in [4.78, 5) is 16.4. The topological polar surface area (TPSA) is 30.0 Å². The summed E-state index contributed by atoms with van der Waals surface area (Å²) >= 11 is 0. The van der Waals surface area contributed by atoms with E-state index in [1.54, 1.807) is 6.20 Å². The van der Waals surface area contributed by atoms with Crippen molar-refractivity contribution in [2.45, 2.75) is 27.2 Å². The number of carbonyl (C=O) groups is 1. The van der Waals surface area contributed by atoms with Crippen LogP contribution in [0, 0.1) is 20.8 Å². The fraction of sp³-hybridized carbons (Fsp3) is 0.250. The molecule has 0 fully saturated rings. The molecule has 0 saturated heterocycles. The summed E-state index contributed by atoms with van der Waals surface area (Å²) in [6.07, 6.45) is 2.16. The minimum Gasteiger partial charge on any atom is -0.294 e. The van der Waals surface area contributed by atoms with E-state index < -0.39 is 0 Å². The predicted octanol–water partition coefficient (Wildman–Crippen LogP) is 3.43. The molecule has 1 aromatic heterocycles. The molecule has 0 saturated carbocycles. The standard InChI is InChI=1S/C16H17NO/c1-11-4-5-15(17-10-11)9-16(18)14-7-12(2)6-13(3)8-14/h4-8,10H,9H2,1-3H3. The summed E-state index contributed by atoms with van der Waals surface area (Å²) in [5.41, 5.74) is 4.95. The van der Waals surface area contributed by atoms with Gasteiger partial charge < -0.3 is 0 Å². The first kappa shape index (κ1) is 12.5. The van der Waals surface area contributed by atoms with Gasteiger partial charge in [0.15, 0.2) is 5.78 Å². The number of hydrogen-bond donors (Lipinski definition) is 0. The highest BCUT2D eigenvalue weighted by molar-refractivity contribution is 5.97. The van der Waals surface area contributed by atoms with Crippen LogP contribution in [-0.4, -0.2) is 10.8 Å². The Morgan fingerprint density at radius 1 is 1.00 bits per heavy atom. The van der Waals surface area contributed by atoms with Gasteiger partial charge in [-0.25, -0.2) is 0 Å². The maximum Gasteiger partial charge on any atom is 0.168 e. The van der Waals surface area contributed by atoms with E-state index in [2.05, 4.69) is 11.1 Å². The maximum absolute atomic E-state index is 12.2. The highest BCUT2D eigenvalue weighted by Crippen LogP contribution is 2.12. The van der Waals surface area contributed by atoms with E-state index in [1.165, 1.54) is 0 Å². The van der Waals surface area contributed by atoms with Gasteiger partial charge in [0.25, 0.3) is 0 Å². The zero-order chi connectivity index (χ0) is 13.1. The molecule has 0 aliphatic carbocycles. The van der Waals surface area contributed by atoms with E-state index in [-0.39, 0.29) is 5.78 Å². The van der Waals surface area contributed by atoms with E-state index in [9.17, 15) is 4.79 Å². The van der Waals surface area contributed by atoms with Crippen LogP contribution >= 0.6 is 0 Å². The van der Waals surface area contributed by atoms with Crippen molar-refractivity contribution in [2.24, 2.45) is 0 Å².